The van der Waals surface area contributed by atoms with Crippen molar-refractivity contribution in [1.29, 1.82) is 0 Å². The third-order valence-corrected chi connectivity index (χ3v) is 3.43. The second-order valence-electron chi connectivity index (χ2n) is 3.87. The lowest BCUT2D eigenvalue weighted by atomic mass is 10.1. The summed E-state index contributed by atoms with van der Waals surface area (Å²) in [6.07, 6.45) is 1.78. The Bertz CT molecular complexity index is 512. The van der Waals surface area contributed by atoms with Gasteiger partial charge in [-0.2, -0.15) is 0 Å². The molecule has 5 heteroatoms. The number of hydrogen-bond acceptors (Lipinski definition) is 5. The van der Waals surface area contributed by atoms with Crippen LogP contribution in [0.2, 0.25) is 0 Å². The van der Waals surface area contributed by atoms with Crippen LogP contribution in [0.1, 0.15) is 29.4 Å². The van der Waals surface area contributed by atoms with E-state index in [4.69, 9.17) is 4.74 Å². The molecule has 2 rings (SSSR count). The molecule has 0 aliphatic rings. The lowest BCUT2D eigenvalue weighted by molar-refractivity contribution is 0.400. The van der Waals surface area contributed by atoms with Crippen LogP contribution in [0.3, 0.4) is 0 Å². The Hall–Kier alpha value is -1.46. The standard InChI is InChI=1S/C13H17N3OS/c1-4-14-12(10-8-18-9(2)16-10)13-11(17-3)6-5-7-15-13/h5-8,12,14H,4H2,1-3H3. The molecule has 0 radical (unpaired) electrons. The molecule has 0 saturated heterocycles. The average molecular weight is 263 g/mol. The maximum atomic E-state index is 5.37. The number of ether oxygens (including phenoxy) is 1. The summed E-state index contributed by atoms with van der Waals surface area (Å²) in [6.45, 7) is 4.93. The molecule has 18 heavy (non-hydrogen) atoms. The van der Waals surface area contributed by atoms with E-state index >= 15 is 0 Å². The summed E-state index contributed by atoms with van der Waals surface area (Å²) < 4.78 is 5.37. The fraction of sp³-hybridized carbons (Fsp3) is 0.385. The summed E-state index contributed by atoms with van der Waals surface area (Å²) in [5, 5.41) is 6.53. The molecular formula is C13H17N3OS. The Morgan fingerprint density at radius 3 is 2.94 bits per heavy atom. The zero-order valence-corrected chi connectivity index (χ0v) is 11.6. The molecule has 0 bridgehead atoms. The highest BCUT2D eigenvalue weighted by molar-refractivity contribution is 7.09. The van der Waals surface area contributed by atoms with E-state index in [2.05, 4.69) is 27.6 Å². The van der Waals surface area contributed by atoms with Crippen LogP contribution in [0.4, 0.5) is 0 Å². The van der Waals surface area contributed by atoms with Crippen LogP contribution in [0.5, 0.6) is 5.75 Å². The van der Waals surface area contributed by atoms with Gasteiger partial charge in [-0.3, -0.25) is 4.98 Å². The fourth-order valence-corrected chi connectivity index (χ4v) is 2.49. The minimum atomic E-state index is -0.0175. The normalized spacial score (nSPS) is 12.4. The maximum Gasteiger partial charge on any atom is 0.142 e. The maximum absolute atomic E-state index is 5.37. The van der Waals surface area contributed by atoms with Gasteiger partial charge in [-0.1, -0.05) is 6.92 Å². The minimum absolute atomic E-state index is 0.0175. The first-order chi connectivity index (χ1) is 8.76. The molecule has 96 valence electrons. The van der Waals surface area contributed by atoms with E-state index in [0.717, 1.165) is 28.7 Å². The zero-order valence-electron chi connectivity index (χ0n) is 10.8. The van der Waals surface area contributed by atoms with Gasteiger partial charge in [0.15, 0.2) is 0 Å². The largest absolute Gasteiger partial charge is 0.495 e. The Kier molecular flexibility index (Phi) is 4.28. The molecule has 0 saturated carbocycles. The second kappa shape index (κ2) is 5.93. The molecule has 2 heterocycles. The third kappa shape index (κ3) is 2.68. The molecule has 0 amide bonds. The first-order valence-corrected chi connectivity index (χ1v) is 6.78. The van der Waals surface area contributed by atoms with Gasteiger partial charge in [0.05, 0.1) is 23.9 Å². The van der Waals surface area contributed by atoms with Crippen molar-refractivity contribution in [1.82, 2.24) is 15.3 Å². The molecule has 4 nitrogen and oxygen atoms in total. The summed E-state index contributed by atoms with van der Waals surface area (Å²) in [5.74, 6) is 0.786. The quantitative estimate of drug-likeness (QED) is 0.900. The van der Waals surface area contributed by atoms with Crippen LogP contribution in [-0.4, -0.2) is 23.6 Å². The van der Waals surface area contributed by atoms with Crippen molar-refractivity contribution < 1.29 is 4.74 Å². The van der Waals surface area contributed by atoms with Crippen molar-refractivity contribution in [2.24, 2.45) is 0 Å². The van der Waals surface area contributed by atoms with Crippen LogP contribution in [0, 0.1) is 6.92 Å². The highest BCUT2D eigenvalue weighted by Gasteiger charge is 2.20. The van der Waals surface area contributed by atoms with E-state index in [9.17, 15) is 0 Å². The lowest BCUT2D eigenvalue weighted by Crippen LogP contribution is -2.23. The van der Waals surface area contributed by atoms with Crippen molar-refractivity contribution in [3.05, 3.63) is 40.1 Å². The first kappa shape index (κ1) is 13.0. The predicted octanol–water partition coefficient (Wildman–Crippen LogP) is 2.55. The van der Waals surface area contributed by atoms with Crippen molar-refractivity contribution in [3.8, 4) is 5.75 Å². The molecule has 0 aromatic carbocycles. The van der Waals surface area contributed by atoms with Crippen molar-refractivity contribution in [2.75, 3.05) is 13.7 Å². The number of methoxy groups -OCH3 is 1. The number of thiazole rings is 1. The SMILES string of the molecule is CCNC(c1csc(C)n1)c1ncccc1OC. The monoisotopic (exact) mass is 263 g/mol. The summed E-state index contributed by atoms with van der Waals surface area (Å²) in [5.41, 5.74) is 1.88. The minimum Gasteiger partial charge on any atom is -0.495 e. The summed E-state index contributed by atoms with van der Waals surface area (Å²) in [4.78, 5) is 8.97. The van der Waals surface area contributed by atoms with Crippen LogP contribution < -0.4 is 10.1 Å². The second-order valence-corrected chi connectivity index (χ2v) is 4.94. The summed E-state index contributed by atoms with van der Waals surface area (Å²) in [6, 6.07) is 3.78. The molecule has 1 N–H and O–H groups in total. The van der Waals surface area contributed by atoms with E-state index in [0.29, 0.717) is 0 Å². The zero-order chi connectivity index (χ0) is 13.0. The van der Waals surface area contributed by atoms with Crippen LogP contribution in [-0.2, 0) is 0 Å². The number of nitrogens with zero attached hydrogens (tertiary/aromatic N) is 2. The number of pyridine rings is 1. The molecular weight excluding hydrogens is 246 g/mol. The van der Waals surface area contributed by atoms with E-state index in [-0.39, 0.29) is 6.04 Å². The van der Waals surface area contributed by atoms with Crippen molar-refractivity contribution in [2.45, 2.75) is 19.9 Å². The van der Waals surface area contributed by atoms with Gasteiger partial charge in [-0.15, -0.1) is 11.3 Å². The van der Waals surface area contributed by atoms with Crippen molar-refractivity contribution in [3.63, 3.8) is 0 Å². The molecule has 0 fully saturated rings. The Morgan fingerprint density at radius 2 is 2.33 bits per heavy atom. The van der Waals surface area contributed by atoms with Gasteiger partial charge in [0.2, 0.25) is 0 Å². The smallest absolute Gasteiger partial charge is 0.142 e. The summed E-state index contributed by atoms with van der Waals surface area (Å²) >= 11 is 1.65. The Morgan fingerprint density at radius 1 is 1.50 bits per heavy atom. The number of rotatable bonds is 5. The van der Waals surface area contributed by atoms with Gasteiger partial charge in [0, 0.05) is 11.6 Å². The summed E-state index contributed by atoms with van der Waals surface area (Å²) in [7, 11) is 1.66. The van der Waals surface area contributed by atoms with Gasteiger partial charge < -0.3 is 10.1 Å². The fourth-order valence-electron chi connectivity index (χ4n) is 1.85. The predicted molar refractivity (Wildman–Crippen MR) is 73.2 cm³/mol. The van der Waals surface area contributed by atoms with Crippen LogP contribution in [0.15, 0.2) is 23.7 Å². The van der Waals surface area contributed by atoms with Crippen LogP contribution >= 0.6 is 11.3 Å². The number of aromatic nitrogens is 2. The molecule has 2 aromatic rings. The first-order valence-electron chi connectivity index (χ1n) is 5.90. The topological polar surface area (TPSA) is 47.0 Å². The third-order valence-electron chi connectivity index (χ3n) is 2.63. The number of nitrogens with one attached hydrogen (secondary N) is 1. The van der Waals surface area contributed by atoms with Gasteiger partial charge in [0.1, 0.15) is 11.4 Å². The average Bonchev–Trinajstić information content (AvgIpc) is 2.82. The van der Waals surface area contributed by atoms with Crippen LogP contribution in [0.25, 0.3) is 0 Å². The molecule has 0 aliphatic carbocycles. The number of hydrogen-bond donors (Lipinski definition) is 1. The van der Waals surface area contributed by atoms with E-state index in [1.807, 2.05) is 19.1 Å². The van der Waals surface area contributed by atoms with E-state index in [1.165, 1.54) is 0 Å². The highest BCUT2D eigenvalue weighted by atomic mass is 32.1. The molecule has 0 aliphatic heterocycles. The molecule has 1 unspecified atom stereocenters. The Labute approximate surface area is 111 Å². The lowest BCUT2D eigenvalue weighted by Gasteiger charge is -2.17. The molecule has 0 spiro atoms. The number of aryl methyl sites for hydroxylation is 1. The van der Waals surface area contributed by atoms with E-state index < -0.39 is 0 Å². The Balaban J connectivity index is 2.41. The van der Waals surface area contributed by atoms with Gasteiger partial charge in [0.25, 0.3) is 0 Å². The van der Waals surface area contributed by atoms with Crippen molar-refractivity contribution >= 4 is 11.3 Å². The van der Waals surface area contributed by atoms with Gasteiger partial charge in [-0.25, -0.2) is 4.98 Å². The molecule has 2 aromatic heterocycles. The van der Waals surface area contributed by atoms with E-state index in [1.54, 1.807) is 24.6 Å². The highest BCUT2D eigenvalue weighted by Crippen LogP contribution is 2.28. The van der Waals surface area contributed by atoms with Gasteiger partial charge in [-0.05, 0) is 25.6 Å². The molecule has 1 atom stereocenters. The van der Waals surface area contributed by atoms with Gasteiger partial charge >= 0.3 is 0 Å².